The highest BCUT2D eigenvalue weighted by Gasteiger charge is 2.08. The minimum atomic E-state index is -0.200. The van der Waals surface area contributed by atoms with E-state index in [0.717, 1.165) is 17.8 Å². The number of benzene rings is 1. The van der Waals surface area contributed by atoms with Crippen LogP contribution in [-0.4, -0.2) is 12.9 Å². The van der Waals surface area contributed by atoms with E-state index in [4.69, 9.17) is 0 Å². The molecular formula is C12H17FN2. The summed E-state index contributed by atoms with van der Waals surface area (Å²) in [7, 11) is 1.75. The predicted octanol–water partition coefficient (Wildman–Crippen LogP) is 2.91. The van der Waals surface area contributed by atoms with E-state index in [1.165, 1.54) is 12.1 Å². The maximum Gasteiger partial charge on any atom is 0.123 e. The molecule has 0 aliphatic heterocycles. The normalized spacial score (nSPS) is 13.7. The van der Waals surface area contributed by atoms with Crippen LogP contribution in [0.2, 0.25) is 0 Å². The number of amidine groups is 1. The van der Waals surface area contributed by atoms with Gasteiger partial charge in [-0.1, -0.05) is 19.1 Å². The fourth-order valence-electron chi connectivity index (χ4n) is 1.43. The van der Waals surface area contributed by atoms with Gasteiger partial charge in [-0.05, 0) is 31.0 Å². The molecule has 0 spiro atoms. The van der Waals surface area contributed by atoms with Gasteiger partial charge < -0.3 is 5.32 Å². The molecule has 2 nitrogen and oxygen atoms in total. The molecule has 0 amide bonds. The molecule has 1 aromatic carbocycles. The monoisotopic (exact) mass is 208 g/mol. The molecule has 0 heterocycles. The summed E-state index contributed by atoms with van der Waals surface area (Å²) in [6.07, 6.45) is 0.943. The average Bonchev–Trinajstić information content (AvgIpc) is 2.27. The summed E-state index contributed by atoms with van der Waals surface area (Å²) in [5, 5.41) is 3.28. The first-order chi connectivity index (χ1) is 7.17. The first kappa shape index (κ1) is 11.7. The Labute approximate surface area is 90.2 Å². The molecule has 0 aliphatic rings. The quantitative estimate of drug-likeness (QED) is 0.599. The van der Waals surface area contributed by atoms with Gasteiger partial charge in [-0.25, -0.2) is 4.39 Å². The highest BCUT2D eigenvalue weighted by Crippen LogP contribution is 2.16. The lowest BCUT2D eigenvalue weighted by molar-refractivity contribution is 0.608. The van der Waals surface area contributed by atoms with Crippen molar-refractivity contribution in [2.24, 2.45) is 4.99 Å². The fraction of sp³-hybridized carbons (Fsp3) is 0.417. The Bertz CT molecular complexity index is 330. The molecule has 1 atom stereocenters. The number of rotatable bonds is 3. The number of hydrogen-bond donors (Lipinski definition) is 1. The Kier molecular flexibility index (Phi) is 4.28. The van der Waals surface area contributed by atoms with Crippen molar-refractivity contribution in [3.63, 3.8) is 0 Å². The van der Waals surface area contributed by atoms with Crippen molar-refractivity contribution >= 4 is 5.84 Å². The Morgan fingerprint density at radius 1 is 1.40 bits per heavy atom. The molecule has 15 heavy (non-hydrogen) atoms. The van der Waals surface area contributed by atoms with Gasteiger partial charge in [0.15, 0.2) is 0 Å². The third-order valence-corrected chi connectivity index (χ3v) is 2.40. The standard InChI is InChI=1S/C12H17FN2/c1-4-12(15-9(2)14-3)10-5-7-11(13)8-6-10/h5-8,12H,4H2,1-3H3,(H,14,15). The molecule has 3 heteroatoms. The summed E-state index contributed by atoms with van der Waals surface area (Å²) in [4.78, 5) is 4.05. The van der Waals surface area contributed by atoms with Crippen LogP contribution in [0.3, 0.4) is 0 Å². The highest BCUT2D eigenvalue weighted by molar-refractivity contribution is 5.79. The molecule has 0 aliphatic carbocycles. The topological polar surface area (TPSA) is 24.4 Å². The van der Waals surface area contributed by atoms with Crippen LogP contribution in [0, 0.1) is 5.82 Å². The fourth-order valence-corrected chi connectivity index (χ4v) is 1.43. The summed E-state index contributed by atoms with van der Waals surface area (Å²) in [6.45, 7) is 4.01. The van der Waals surface area contributed by atoms with Gasteiger partial charge in [-0.2, -0.15) is 0 Å². The van der Waals surface area contributed by atoms with Gasteiger partial charge in [0.2, 0.25) is 0 Å². The minimum absolute atomic E-state index is 0.200. The molecule has 1 N–H and O–H groups in total. The second kappa shape index (κ2) is 5.49. The molecule has 1 aromatic rings. The smallest absolute Gasteiger partial charge is 0.123 e. The Balaban J connectivity index is 2.78. The Morgan fingerprint density at radius 3 is 2.47 bits per heavy atom. The molecule has 82 valence electrons. The largest absolute Gasteiger partial charge is 0.367 e. The number of halogens is 1. The van der Waals surface area contributed by atoms with Crippen LogP contribution in [0.25, 0.3) is 0 Å². The molecule has 0 radical (unpaired) electrons. The van der Waals surface area contributed by atoms with Crippen LogP contribution in [0.5, 0.6) is 0 Å². The maximum atomic E-state index is 12.7. The van der Waals surface area contributed by atoms with E-state index in [-0.39, 0.29) is 11.9 Å². The minimum Gasteiger partial charge on any atom is -0.367 e. The van der Waals surface area contributed by atoms with Crippen molar-refractivity contribution in [1.29, 1.82) is 0 Å². The highest BCUT2D eigenvalue weighted by atomic mass is 19.1. The van der Waals surface area contributed by atoms with E-state index in [2.05, 4.69) is 17.2 Å². The van der Waals surface area contributed by atoms with Gasteiger partial charge in [0.1, 0.15) is 5.82 Å². The van der Waals surface area contributed by atoms with Gasteiger partial charge in [-0.3, -0.25) is 4.99 Å². The van der Waals surface area contributed by atoms with Crippen molar-refractivity contribution in [3.8, 4) is 0 Å². The third kappa shape index (κ3) is 3.35. The van der Waals surface area contributed by atoms with Crippen LogP contribution in [0.1, 0.15) is 31.9 Å². The van der Waals surface area contributed by atoms with Gasteiger partial charge in [0.25, 0.3) is 0 Å². The van der Waals surface area contributed by atoms with Crippen LogP contribution in [0.15, 0.2) is 29.3 Å². The summed E-state index contributed by atoms with van der Waals surface area (Å²) in [5.74, 6) is 0.695. The first-order valence-electron chi connectivity index (χ1n) is 5.12. The van der Waals surface area contributed by atoms with Crippen LogP contribution >= 0.6 is 0 Å². The number of aliphatic imine (C=N–C) groups is 1. The summed E-state index contributed by atoms with van der Waals surface area (Å²) < 4.78 is 12.7. The maximum absolute atomic E-state index is 12.7. The predicted molar refractivity (Wildman–Crippen MR) is 61.6 cm³/mol. The van der Waals surface area contributed by atoms with E-state index >= 15 is 0 Å². The summed E-state index contributed by atoms with van der Waals surface area (Å²) in [5.41, 5.74) is 1.09. The van der Waals surface area contributed by atoms with Gasteiger partial charge in [-0.15, -0.1) is 0 Å². The lowest BCUT2D eigenvalue weighted by atomic mass is 10.0. The Hall–Kier alpha value is -1.38. The summed E-state index contributed by atoms with van der Waals surface area (Å²) in [6, 6.07) is 6.78. The molecule has 1 unspecified atom stereocenters. The van der Waals surface area contributed by atoms with Gasteiger partial charge >= 0.3 is 0 Å². The third-order valence-electron chi connectivity index (χ3n) is 2.40. The van der Waals surface area contributed by atoms with Gasteiger partial charge in [0, 0.05) is 7.05 Å². The molecule has 0 saturated carbocycles. The van der Waals surface area contributed by atoms with E-state index in [1.54, 1.807) is 19.2 Å². The average molecular weight is 208 g/mol. The van der Waals surface area contributed by atoms with Crippen LogP contribution < -0.4 is 5.32 Å². The molecule has 0 bridgehead atoms. The molecule has 1 rings (SSSR count). The van der Waals surface area contributed by atoms with E-state index < -0.39 is 0 Å². The van der Waals surface area contributed by atoms with Crippen molar-refractivity contribution in [3.05, 3.63) is 35.6 Å². The lowest BCUT2D eigenvalue weighted by Crippen LogP contribution is -2.25. The van der Waals surface area contributed by atoms with E-state index in [0.29, 0.717) is 0 Å². The molecule has 0 fully saturated rings. The van der Waals surface area contributed by atoms with E-state index in [9.17, 15) is 4.39 Å². The second-order valence-corrected chi connectivity index (χ2v) is 3.47. The van der Waals surface area contributed by atoms with Crippen molar-refractivity contribution in [1.82, 2.24) is 5.32 Å². The number of nitrogens with one attached hydrogen (secondary N) is 1. The molecule has 0 aromatic heterocycles. The zero-order valence-electron chi connectivity index (χ0n) is 9.42. The SMILES string of the molecule is CCC(NC(C)=NC)c1ccc(F)cc1. The van der Waals surface area contributed by atoms with Crippen LogP contribution in [0.4, 0.5) is 4.39 Å². The number of nitrogens with zero attached hydrogens (tertiary/aromatic N) is 1. The van der Waals surface area contributed by atoms with Crippen molar-refractivity contribution < 1.29 is 4.39 Å². The van der Waals surface area contributed by atoms with E-state index in [1.807, 2.05) is 6.92 Å². The molecule has 0 saturated heterocycles. The zero-order chi connectivity index (χ0) is 11.3. The zero-order valence-corrected chi connectivity index (χ0v) is 9.42. The Morgan fingerprint density at radius 2 is 2.00 bits per heavy atom. The first-order valence-corrected chi connectivity index (χ1v) is 5.12. The lowest BCUT2D eigenvalue weighted by Gasteiger charge is -2.18. The van der Waals surface area contributed by atoms with Crippen LogP contribution in [-0.2, 0) is 0 Å². The summed E-state index contributed by atoms with van der Waals surface area (Å²) >= 11 is 0. The van der Waals surface area contributed by atoms with Crippen molar-refractivity contribution in [2.75, 3.05) is 7.05 Å². The number of hydrogen-bond acceptors (Lipinski definition) is 1. The molecular weight excluding hydrogens is 191 g/mol. The second-order valence-electron chi connectivity index (χ2n) is 3.47. The van der Waals surface area contributed by atoms with Gasteiger partial charge in [0.05, 0.1) is 11.9 Å². The van der Waals surface area contributed by atoms with Crippen molar-refractivity contribution in [2.45, 2.75) is 26.3 Å².